The highest BCUT2D eigenvalue weighted by molar-refractivity contribution is 7.13. The summed E-state index contributed by atoms with van der Waals surface area (Å²) in [6, 6.07) is 9.94. The third kappa shape index (κ3) is 4.86. The maximum Gasteiger partial charge on any atom is 0.273 e. The second-order valence-corrected chi connectivity index (χ2v) is 7.89. The summed E-state index contributed by atoms with van der Waals surface area (Å²) in [6.07, 6.45) is 0. The van der Waals surface area contributed by atoms with E-state index in [9.17, 15) is 14.0 Å². The molecule has 3 rings (SSSR count). The monoisotopic (exact) mass is 411 g/mol. The molecular formula is C22H22FN3O2S. The standard InChI is InChI=1S/C22H22FN3O2S/c1-13-9-14(2)20(15(3)10-13)25-19(27)11-26(4)22(28)18-12-29-21(24-18)16-5-7-17(23)8-6-16/h5-10,12H,11H2,1-4H3,(H,25,27). The summed E-state index contributed by atoms with van der Waals surface area (Å²) in [7, 11) is 1.56. The number of anilines is 1. The highest BCUT2D eigenvalue weighted by Crippen LogP contribution is 2.25. The van der Waals surface area contributed by atoms with E-state index in [-0.39, 0.29) is 29.9 Å². The minimum absolute atomic E-state index is 0.0883. The largest absolute Gasteiger partial charge is 0.331 e. The summed E-state index contributed by atoms with van der Waals surface area (Å²) in [5, 5.41) is 5.16. The van der Waals surface area contributed by atoms with Crippen molar-refractivity contribution >= 4 is 28.8 Å². The first-order chi connectivity index (χ1) is 13.7. The average Bonchev–Trinajstić information content (AvgIpc) is 3.14. The van der Waals surface area contributed by atoms with Crippen LogP contribution < -0.4 is 5.32 Å². The molecule has 1 heterocycles. The molecule has 29 heavy (non-hydrogen) atoms. The van der Waals surface area contributed by atoms with E-state index in [2.05, 4.69) is 10.3 Å². The number of rotatable bonds is 5. The number of hydrogen-bond donors (Lipinski definition) is 1. The van der Waals surface area contributed by atoms with Crippen molar-refractivity contribution in [3.63, 3.8) is 0 Å². The van der Waals surface area contributed by atoms with E-state index in [1.165, 1.54) is 28.4 Å². The van der Waals surface area contributed by atoms with Gasteiger partial charge in [-0.2, -0.15) is 0 Å². The molecule has 0 saturated heterocycles. The van der Waals surface area contributed by atoms with E-state index in [0.717, 1.165) is 27.9 Å². The summed E-state index contributed by atoms with van der Waals surface area (Å²) in [6.45, 7) is 5.80. The summed E-state index contributed by atoms with van der Waals surface area (Å²) in [4.78, 5) is 30.8. The minimum Gasteiger partial charge on any atom is -0.331 e. The van der Waals surface area contributed by atoms with E-state index >= 15 is 0 Å². The second kappa shape index (κ2) is 8.53. The second-order valence-electron chi connectivity index (χ2n) is 7.03. The maximum absolute atomic E-state index is 13.1. The molecule has 5 nitrogen and oxygen atoms in total. The van der Waals surface area contributed by atoms with Crippen LogP contribution in [-0.4, -0.2) is 35.3 Å². The van der Waals surface area contributed by atoms with Crippen LogP contribution in [0.15, 0.2) is 41.8 Å². The van der Waals surface area contributed by atoms with Crippen LogP contribution in [0.1, 0.15) is 27.2 Å². The van der Waals surface area contributed by atoms with Crippen molar-refractivity contribution < 1.29 is 14.0 Å². The predicted octanol–water partition coefficient (Wildman–Crippen LogP) is 4.59. The molecule has 0 saturated carbocycles. The van der Waals surface area contributed by atoms with Crippen LogP contribution in [-0.2, 0) is 4.79 Å². The number of carbonyl (C=O) groups excluding carboxylic acids is 2. The van der Waals surface area contributed by atoms with Gasteiger partial charge in [0, 0.05) is 23.7 Å². The van der Waals surface area contributed by atoms with Crippen molar-refractivity contribution in [3.8, 4) is 10.6 Å². The lowest BCUT2D eigenvalue weighted by Gasteiger charge is -2.17. The molecule has 0 fully saturated rings. The third-order valence-electron chi connectivity index (χ3n) is 4.48. The van der Waals surface area contributed by atoms with Crippen LogP contribution >= 0.6 is 11.3 Å². The molecule has 1 aromatic heterocycles. The molecule has 0 bridgehead atoms. The molecule has 7 heteroatoms. The van der Waals surface area contributed by atoms with Crippen molar-refractivity contribution in [2.24, 2.45) is 0 Å². The Bertz CT molecular complexity index is 1040. The Hall–Kier alpha value is -3.06. The SMILES string of the molecule is Cc1cc(C)c(NC(=O)CN(C)C(=O)c2csc(-c3ccc(F)cc3)n2)c(C)c1. The van der Waals surface area contributed by atoms with E-state index in [1.807, 2.05) is 32.9 Å². The van der Waals surface area contributed by atoms with Gasteiger partial charge >= 0.3 is 0 Å². The van der Waals surface area contributed by atoms with E-state index < -0.39 is 0 Å². The molecule has 1 N–H and O–H groups in total. The fourth-order valence-electron chi connectivity index (χ4n) is 3.14. The Balaban J connectivity index is 1.66. The van der Waals surface area contributed by atoms with Crippen molar-refractivity contribution in [2.45, 2.75) is 20.8 Å². The summed E-state index contributed by atoms with van der Waals surface area (Å²) in [5.74, 6) is -0.946. The number of halogens is 1. The van der Waals surface area contributed by atoms with Gasteiger partial charge in [0.1, 0.15) is 16.5 Å². The number of aryl methyl sites for hydroxylation is 3. The number of hydrogen-bond acceptors (Lipinski definition) is 4. The van der Waals surface area contributed by atoms with Crippen molar-refractivity contribution in [3.05, 3.63) is 70.0 Å². The van der Waals surface area contributed by atoms with Crippen molar-refractivity contribution in [1.29, 1.82) is 0 Å². The Morgan fingerprint density at radius 1 is 1.10 bits per heavy atom. The Morgan fingerprint density at radius 3 is 2.34 bits per heavy atom. The Morgan fingerprint density at radius 2 is 1.72 bits per heavy atom. The van der Waals surface area contributed by atoms with Gasteiger partial charge < -0.3 is 10.2 Å². The molecule has 0 unspecified atom stereocenters. The molecular weight excluding hydrogens is 389 g/mol. The van der Waals surface area contributed by atoms with Crippen LogP contribution in [0.2, 0.25) is 0 Å². The van der Waals surface area contributed by atoms with Crippen LogP contribution in [0.3, 0.4) is 0 Å². The topological polar surface area (TPSA) is 62.3 Å². The van der Waals surface area contributed by atoms with Gasteiger partial charge in [0.25, 0.3) is 5.91 Å². The van der Waals surface area contributed by atoms with Crippen molar-refractivity contribution in [1.82, 2.24) is 9.88 Å². The van der Waals surface area contributed by atoms with Gasteiger partial charge in [-0.25, -0.2) is 9.37 Å². The number of nitrogens with one attached hydrogen (secondary N) is 1. The van der Waals surface area contributed by atoms with Crippen LogP contribution in [0.4, 0.5) is 10.1 Å². The number of amides is 2. The average molecular weight is 412 g/mol. The first-order valence-electron chi connectivity index (χ1n) is 9.09. The lowest BCUT2D eigenvalue weighted by Crippen LogP contribution is -2.35. The molecule has 0 aliphatic heterocycles. The fourth-order valence-corrected chi connectivity index (χ4v) is 3.94. The molecule has 0 aliphatic carbocycles. The zero-order valence-electron chi connectivity index (χ0n) is 16.7. The summed E-state index contributed by atoms with van der Waals surface area (Å²) < 4.78 is 13.1. The molecule has 2 amide bonds. The quantitative estimate of drug-likeness (QED) is 0.668. The number of aromatic nitrogens is 1. The minimum atomic E-state index is -0.345. The molecule has 0 radical (unpaired) electrons. The molecule has 2 aromatic carbocycles. The van der Waals surface area contributed by atoms with Crippen molar-refractivity contribution in [2.75, 3.05) is 18.9 Å². The smallest absolute Gasteiger partial charge is 0.273 e. The lowest BCUT2D eigenvalue weighted by molar-refractivity contribution is -0.116. The van der Waals surface area contributed by atoms with Crippen LogP contribution in [0.5, 0.6) is 0 Å². The van der Waals surface area contributed by atoms with Gasteiger partial charge in [-0.3, -0.25) is 9.59 Å². The number of thiazole rings is 1. The Kier molecular flexibility index (Phi) is 6.08. The summed E-state index contributed by atoms with van der Waals surface area (Å²) in [5.41, 5.74) is 4.86. The molecule has 0 aliphatic rings. The number of carbonyl (C=O) groups is 2. The van der Waals surface area contributed by atoms with Gasteiger partial charge in [-0.05, 0) is 56.2 Å². The summed E-state index contributed by atoms with van der Waals surface area (Å²) >= 11 is 1.30. The number of likely N-dealkylation sites (N-methyl/N-ethyl adjacent to an activating group) is 1. The van der Waals surface area contributed by atoms with Gasteiger partial charge in [-0.1, -0.05) is 17.7 Å². The van der Waals surface area contributed by atoms with Crippen LogP contribution in [0.25, 0.3) is 10.6 Å². The molecule has 3 aromatic rings. The van der Waals surface area contributed by atoms with Gasteiger partial charge in [-0.15, -0.1) is 11.3 Å². The first-order valence-corrected chi connectivity index (χ1v) is 9.97. The maximum atomic E-state index is 13.1. The first kappa shape index (κ1) is 20.7. The molecule has 150 valence electrons. The van der Waals surface area contributed by atoms with Gasteiger partial charge in [0.05, 0.1) is 6.54 Å². The zero-order valence-corrected chi connectivity index (χ0v) is 17.6. The third-order valence-corrected chi connectivity index (χ3v) is 5.37. The van der Waals surface area contributed by atoms with E-state index in [4.69, 9.17) is 0 Å². The van der Waals surface area contributed by atoms with Gasteiger partial charge in [0.15, 0.2) is 0 Å². The van der Waals surface area contributed by atoms with E-state index in [0.29, 0.717) is 5.01 Å². The molecule has 0 spiro atoms. The van der Waals surface area contributed by atoms with E-state index in [1.54, 1.807) is 24.6 Å². The normalized spacial score (nSPS) is 10.7. The van der Waals surface area contributed by atoms with Crippen LogP contribution in [0, 0.1) is 26.6 Å². The molecule has 0 atom stereocenters. The highest BCUT2D eigenvalue weighted by Gasteiger charge is 2.19. The predicted molar refractivity (Wildman–Crippen MR) is 114 cm³/mol. The lowest BCUT2D eigenvalue weighted by atomic mass is 10.1. The Labute approximate surface area is 173 Å². The zero-order chi connectivity index (χ0) is 21.1. The number of benzene rings is 2. The van der Waals surface area contributed by atoms with Gasteiger partial charge in [0.2, 0.25) is 5.91 Å². The fraction of sp³-hybridized carbons (Fsp3) is 0.227. The number of nitrogens with zero attached hydrogens (tertiary/aromatic N) is 2. The highest BCUT2D eigenvalue weighted by atomic mass is 32.1.